The lowest BCUT2D eigenvalue weighted by atomic mass is 10.2. The van der Waals surface area contributed by atoms with Crippen LogP contribution < -0.4 is 0 Å². The Bertz CT molecular complexity index is 659. The van der Waals surface area contributed by atoms with Gasteiger partial charge in [-0.05, 0) is 31.7 Å². The van der Waals surface area contributed by atoms with E-state index in [2.05, 4.69) is 9.88 Å². The summed E-state index contributed by atoms with van der Waals surface area (Å²) >= 11 is 0. The molecule has 1 heterocycles. The summed E-state index contributed by atoms with van der Waals surface area (Å²) in [6.45, 7) is 2.60. The van der Waals surface area contributed by atoms with Gasteiger partial charge in [0.2, 0.25) is 0 Å². The predicted molar refractivity (Wildman–Crippen MR) is 91.1 cm³/mol. The number of hydrogen-bond donors (Lipinski definition) is 0. The number of aromatic nitrogens is 1. The molecular weight excluding hydrogens is 304 g/mol. The van der Waals surface area contributed by atoms with Gasteiger partial charge in [0.15, 0.2) is 6.10 Å². The van der Waals surface area contributed by atoms with Crippen molar-refractivity contribution in [3.8, 4) is 0 Å². The SMILES string of the molecule is CC(=O)CC(=O)OC(CN(C)Cc1ccccc1)c1ccccn1. The summed E-state index contributed by atoms with van der Waals surface area (Å²) in [5.74, 6) is -0.733. The van der Waals surface area contributed by atoms with Crippen molar-refractivity contribution < 1.29 is 14.3 Å². The lowest BCUT2D eigenvalue weighted by molar-refractivity contribution is -0.152. The minimum Gasteiger partial charge on any atom is -0.454 e. The van der Waals surface area contributed by atoms with E-state index in [1.807, 2.05) is 55.6 Å². The Morgan fingerprint density at radius 3 is 2.46 bits per heavy atom. The summed E-state index contributed by atoms with van der Waals surface area (Å²) in [7, 11) is 1.96. The number of rotatable bonds is 8. The number of benzene rings is 1. The van der Waals surface area contributed by atoms with Crippen molar-refractivity contribution in [2.24, 2.45) is 0 Å². The third-order valence-electron chi connectivity index (χ3n) is 3.46. The van der Waals surface area contributed by atoms with Crippen molar-refractivity contribution in [1.82, 2.24) is 9.88 Å². The van der Waals surface area contributed by atoms with E-state index < -0.39 is 12.1 Å². The highest BCUT2D eigenvalue weighted by atomic mass is 16.5. The quantitative estimate of drug-likeness (QED) is 0.551. The normalized spacial score (nSPS) is 12.0. The van der Waals surface area contributed by atoms with Crippen molar-refractivity contribution in [2.75, 3.05) is 13.6 Å². The maximum Gasteiger partial charge on any atom is 0.314 e. The van der Waals surface area contributed by atoms with E-state index in [1.165, 1.54) is 12.5 Å². The van der Waals surface area contributed by atoms with Crippen molar-refractivity contribution in [3.05, 3.63) is 66.0 Å². The highest BCUT2D eigenvalue weighted by Gasteiger charge is 2.20. The molecule has 0 aliphatic heterocycles. The van der Waals surface area contributed by atoms with Gasteiger partial charge in [0, 0.05) is 19.3 Å². The number of nitrogens with zero attached hydrogens (tertiary/aromatic N) is 2. The van der Waals surface area contributed by atoms with Crippen LogP contribution in [0.2, 0.25) is 0 Å². The highest BCUT2D eigenvalue weighted by molar-refractivity contribution is 5.94. The maximum absolute atomic E-state index is 11.9. The molecule has 1 aromatic carbocycles. The molecule has 1 aromatic heterocycles. The van der Waals surface area contributed by atoms with E-state index in [4.69, 9.17) is 4.74 Å². The van der Waals surface area contributed by atoms with E-state index in [1.54, 1.807) is 6.20 Å². The molecule has 5 nitrogen and oxygen atoms in total. The van der Waals surface area contributed by atoms with Crippen LogP contribution in [0.3, 0.4) is 0 Å². The molecule has 2 aromatic rings. The number of pyridine rings is 1. The molecule has 0 bridgehead atoms. The van der Waals surface area contributed by atoms with Gasteiger partial charge in [0.25, 0.3) is 0 Å². The van der Waals surface area contributed by atoms with Gasteiger partial charge in [0.1, 0.15) is 12.2 Å². The van der Waals surface area contributed by atoms with Crippen molar-refractivity contribution >= 4 is 11.8 Å². The fraction of sp³-hybridized carbons (Fsp3) is 0.316. The highest BCUT2D eigenvalue weighted by Crippen LogP contribution is 2.18. The number of likely N-dealkylation sites (N-methyl/N-ethyl adjacent to an activating group) is 1. The first-order valence-corrected chi connectivity index (χ1v) is 7.87. The number of esters is 1. The number of ether oxygens (including phenoxy) is 1. The lowest BCUT2D eigenvalue weighted by Gasteiger charge is -2.24. The van der Waals surface area contributed by atoms with E-state index >= 15 is 0 Å². The lowest BCUT2D eigenvalue weighted by Crippen LogP contribution is -2.28. The Labute approximate surface area is 142 Å². The molecule has 0 saturated carbocycles. The molecule has 0 spiro atoms. The van der Waals surface area contributed by atoms with Gasteiger partial charge < -0.3 is 4.74 Å². The standard InChI is InChI=1S/C19H22N2O3/c1-15(22)12-19(23)24-18(17-10-6-7-11-20-17)14-21(2)13-16-8-4-3-5-9-16/h3-11,18H,12-14H2,1-2H3. The molecule has 0 saturated heterocycles. The van der Waals surface area contributed by atoms with Crippen LogP contribution in [0, 0.1) is 0 Å². The van der Waals surface area contributed by atoms with Crippen LogP contribution in [0.4, 0.5) is 0 Å². The molecule has 0 aliphatic carbocycles. The number of Topliss-reactive ketones (excluding diaryl/α,β-unsaturated/α-hetero) is 1. The summed E-state index contributed by atoms with van der Waals surface area (Å²) in [6, 6.07) is 15.5. The van der Waals surface area contributed by atoms with Crippen LogP contribution in [-0.2, 0) is 20.9 Å². The Balaban J connectivity index is 2.05. The zero-order valence-corrected chi connectivity index (χ0v) is 14.0. The van der Waals surface area contributed by atoms with Crippen LogP contribution >= 0.6 is 0 Å². The molecule has 0 amide bonds. The first kappa shape index (κ1) is 17.8. The van der Waals surface area contributed by atoms with Crippen LogP contribution in [0.15, 0.2) is 54.7 Å². The van der Waals surface area contributed by atoms with Crippen LogP contribution in [0.1, 0.15) is 30.7 Å². The molecule has 126 valence electrons. The van der Waals surface area contributed by atoms with Gasteiger partial charge in [-0.2, -0.15) is 0 Å². The smallest absolute Gasteiger partial charge is 0.314 e. The van der Waals surface area contributed by atoms with Gasteiger partial charge in [0.05, 0.1) is 5.69 Å². The molecule has 5 heteroatoms. The minimum atomic E-state index is -0.522. The van der Waals surface area contributed by atoms with E-state index in [0.29, 0.717) is 12.2 Å². The first-order valence-electron chi connectivity index (χ1n) is 7.87. The summed E-state index contributed by atoms with van der Waals surface area (Å²) in [4.78, 5) is 29.3. The van der Waals surface area contributed by atoms with E-state index in [0.717, 1.165) is 6.54 Å². The Kier molecular flexibility index (Phi) is 6.63. The molecule has 1 atom stereocenters. The average molecular weight is 326 g/mol. The van der Waals surface area contributed by atoms with Crippen LogP contribution in [0.25, 0.3) is 0 Å². The Morgan fingerprint density at radius 1 is 1.12 bits per heavy atom. The summed E-state index contributed by atoms with van der Waals surface area (Å²) in [6.07, 6.45) is 0.941. The fourth-order valence-electron chi connectivity index (χ4n) is 2.40. The number of hydrogen-bond acceptors (Lipinski definition) is 5. The molecule has 1 unspecified atom stereocenters. The monoisotopic (exact) mass is 326 g/mol. The van der Waals surface area contributed by atoms with Crippen LogP contribution in [0.5, 0.6) is 0 Å². The van der Waals surface area contributed by atoms with Gasteiger partial charge in [-0.25, -0.2) is 0 Å². The van der Waals surface area contributed by atoms with Crippen molar-refractivity contribution in [2.45, 2.75) is 26.0 Å². The summed E-state index contributed by atoms with van der Waals surface area (Å²) in [5, 5.41) is 0. The van der Waals surface area contributed by atoms with Crippen molar-refractivity contribution in [1.29, 1.82) is 0 Å². The summed E-state index contributed by atoms with van der Waals surface area (Å²) in [5.41, 5.74) is 1.85. The van der Waals surface area contributed by atoms with Gasteiger partial charge in [-0.15, -0.1) is 0 Å². The zero-order chi connectivity index (χ0) is 17.4. The molecule has 2 rings (SSSR count). The molecule has 0 aliphatic rings. The second-order valence-electron chi connectivity index (χ2n) is 5.79. The molecular formula is C19H22N2O3. The van der Waals surface area contributed by atoms with Gasteiger partial charge >= 0.3 is 5.97 Å². The number of ketones is 1. The first-order chi connectivity index (χ1) is 11.5. The number of carbonyl (C=O) groups is 2. The molecule has 0 N–H and O–H groups in total. The third kappa shape index (κ3) is 5.93. The van der Waals surface area contributed by atoms with E-state index in [9.17, 15) is 9.59 Å². The van der Waals surface area contributed by atoms with E-state index in [-0.39, 0.29) is 12.2 Å². The molecule has 24 heavy (non-hydrogen) atoms. The predicted octanol–water partition coefficient (Wildman–Crippen LogP) is 2.78. The third-order valence-corrected chi connectivity index (χ3v) is 3.46. The Hall–Kier alpha value is -2.53. The minimum absolute atomic E-state index is 0.211. The topological polar surface area (TPSA) is 59.5 Å². The average Bonchev–Trinajstić information content (AvgIpc) is 2.55. The van der Waals surface area contributed by atoms with Crippen LogP contribution in [-0.4, -0.2) is 35.2 Å². The number of carbonyl (C=O) groups excluding carboxylic acids is 2. The van der Waals surface area contributed by atoms with Gasteiger partial charge in [-0.3, -0.25) is 19.5 Å². The molecule has 0 radical (unpaired) electrons. The second-order valence-corrected chi connectivity index (χ2v) is 5.79. The second kappa shape index (κ2) is 8.93. The van der Waals surface area contributed by atoms with Gasteiger partial charge in [-0.1, -0.05) is 36.4 Å². The Morgan fingerprint density at radius 2 is 1.83 bits per heavy atom. The van der Waals surface area contributed by atoms with Crippen molar-refractivity contribution in [3.63, 3.8) is 0 Å². The fourth-order valence-corrected chi connectivity index (χ4v) is 2.40. The zero-order valence-electron chi connectivity index (χ0n) is 14.0. The molecule has 0 fully saturated rings. The maximum atomic E-state index is 11.9. The largest absolute Gasteiger partial charge is 0.454 e. The summed E-state index contributed by atoms with van der Waals surface area (Å²) < 4.78 is 5.49.